The van der Waals surface area contributed by atoms with E-state index in [2.05, 4.69) is 39.7 Å². The highest BCUT2D eigenvalue weighted by Gasteiger charge is 2.25. The number of hydrogen-bond donors (Lipinski definition) is 0. The molecule has 0 bridgehead atoms. The molecule has 0 radical (unpaired) electrons. The van der Waals surface area contributed by atoms with Gasteiger partial charge in [0.2, 0.25) is 0 Å². The number of amides is 1. The number of carbonyl (C=O) groups is 1. The van der Waals surface area contributed by atoms with Crippen molar-refractivity contribution in [3.8, 4) is 0 Å². The standard InChI is InChI=1S/C18H19BrN4O3S2/c1-3-21(4-2)9-10-22(17(24)14-7-8-16(27-14)23(25)26)18-20-13-6-5-12(19)11-15(13)28-18/h5-8,11H,3-4,9-10H2,1-2H3. The molecule has 2 heterocycles. The van der Waals surface area contributed by atoms with E-state index >= 15 is 0 Å². The quantitative estimate of drug-likeness (QED) is 0.332. The molecule has 148 valence electrons. The molecule has 7 nitrogen and oxygen atoms in total. The highest BCUT2D eigenvalue weighted by molar-refractivity contribution is 9.10. The van der Waals surface area contributed by atoms with Crippen LogP contribution in [0.5, 0.6) is 0 Å². The number of anilines is 1. The molecular formula is C18H19BrN4O3S2. The lowest BCUT2D eigenvalue weighted by Gasteiger charge is -2.24. The Labute approximate surface area is 178 Å². The fraction of sp³-hybridized carbons (Fsp3) is 0.333. The largest absolute Gasteiger partial charge is 0.324 e. The molecule has 0 aliphatic rings. The Morgan fingerprint density at radius 2 is 1.93 bits per heavy atom. The fourth-order valence-corrected chi connectivity index (χ4v) is 5.05. The Morgan fingerprint density at radius 1 is 1.18 bits per heavy atom. The zero-order chi connectivity index (χ0) is 20.3. The lowest BCUT2D eigenvalue weighted by atomic mass is 10.3. The molecule has 28 heavy (non-hydrogen) atoms. The Hall–Kier alpha value is -1.88. The topological polar surface area (TPSA) is 79.6 Å². The van der Waals surface area contributed by atoms with E-state index in [9.17, 15) is 14.9 Å². The molecule has 0 saturated heterocycles. The van der Waals surface area contributed by atoms with Crippen LogP contribution in [-0.4, -0.2) is 46.9 Å². The van der Waals surface area contributed by atoms with Crippen molar-refractivity contribution in [1.82, 2.24) is 9.88 Å². The van der Waals surface area contributed by atoms with E-state index in [0.29, 0.717) is 23.1 Å². The minimum absolute atomic E-state index is 0.0414. The maximum atomic E-state index is 13.2. The van der Waals surface area contributed by atoms with E-state index in [-0.39, 0.29) is 10.9 Å². The Kier molecular flexibility index (Phi) is 6.76. The lowest BCUT2D eigenvalue weighted by Crippen LogP contribution is -2.38. The summed E-state index contributed by atoms with van der Waals surface area (Å²) in [6.07, 6.45) is 0. The van der Waals surface area contributed by atoms with Gasteiger partial charge >= 0.3 is 5.00 Å². The van der Waals surface area contributed by atoms with Crippen molar-refractivity contribution in [2.24, 2.45) is 0 Å². The van der Waals surface area contributed by atoms with Gasteiger partial charge < -0.3 is 4.90 Å². The first-order chi connectivity index (χ1) is 13.4. The summed E-state index contributed by atoms with van der Waals surface area (Å²) in [4.78, 5) is 32.5. The van der Waals surface area contributed by atoms with Crippen LogP contribution in [0.2, 0.25) is 0 Å². The maximum absolute atomic E-state index is 13.2. The zero-order valence-electron chi connectivity index (χ0n) is 15.4. The summed E-state index contributed by atoms with van der Waals surface area (Å²) >= 11 is 5.79. The number of nitrogens with zero attached hydrogens (tertiary/aromatic N) is 4. The third-order valence-corrected chi connectivity index (χ3v) is 6.89. The minimum atomic E-state index is -0.475. The summed E-state index contributed by atoms with van der Waals surface area (Å²) in [6.45, 7) is 7.09. The smallest absolute Gasteiger partial charge is 0.302 e. The third-order valence-electron chi connectivity index (χ3n) is 4.33. The molecule has 1 aromatic carbocycles. The molecule has 0 N–H and O–H groups in total. The average molecular weight is 483 g/mol. The van der Waals surface area contributed by atoms with Crippen molar-refractivity contribution in [2.45, 2.75) is 13.8 Å². The first kappa shape index (κ1) is 20.8. The molecule has 0 spiro atoms. The summed E-state index contributed by atoms with van der Waals surface area (Å²) in [5, 5.41) is 11.5. The van der Waals surface area contributed by atoms with Gasteiger partial charge in [-0.2, -0.15) is 0 Å². The van der Waals surface area contributed by atoms with Gasteiger partial charge in [-0.15, -0.1) is 0 Å². The first-order valence-corrected chi connectivity index (χ1v) is 11.2. The van der Waals surface area contributed by atoms with E-state index in [4.69, 9.17) is 0 Å². The molecule has 0 aliphatic heterocycles. The van der Waals surface area contributed by atoms with Gasteiger partial charge in [-0.05, 0) is 37.4 Å². The fourth-order valence-electron chi connectivity index (χ4n) is 2.74. The Morgan fingerprint density at radius 3 is 2.57 bits per heavy atom. The van der Waals surface area contributed by atoms with Crippen LogP contribution in [-0.2, 0) is 0 Å². The average Bonchev–Trinajstić information content (AvgIpc) is 3.31. The van der Waals surface area contributed by atoms with Crippen LogP contribution in [0.25, 0.3) is 10.2 Å². The van der Waals surface area contributed by atoms with Gasteiger partial charge in [-0.1, -0.05) is 52.5 Å². The number of hydrogen-bond acceptors (Lipinski definition) is 7. The maximum Gasteiger partial charge on any atom is 0.324 e. The van der Waals surface area contributed by atoms with E-state index < -0.39 is 4.92 Å². The van der Waals surface area contributed by atoms with Gasteiger partial charge in [-0.25, -0.2) is 4.98 Å². The molecule has 10 heteroatoms. The summed E-state index contributed by atoms with van der Waals surface area (Å²) in [7, 11) is 0. The van der Waals surface area contributed by atoms with Gasteiger partial charge in [0.15, 0.2) is 5.13 Å². The number of nitro groups is 1. The summed E-state index contributed by atoms with van der Waals surface area (Å²) < 4.78 is 1.92. The van der Waals surface area contributed by atoms with Crippen molar-refractivity contribution in [2.75, 3.05) is 31.1 Å². The zero-order valence-corrected chi connectivity index (χ0v) is 18.6. The number of likely N-dealkylation sites (N-methyl/N-ethyl adjacent to an activating group) is 1. The minimum Gasteiger partial charge on any atom is -0.302 e. The molecule has 0 atom stereocenters. The number of rotatable bonds is 8. The first-order valence-electron chi connectivity index (χ1n) is 8.77. The third kappa shape index (κ3) is 4.57. The predicted molar refractivity (Wildman–Crippen MR) is 118 cm³/mol. The van der Waals surface area contributed by atoms with Gasteiger partial charge in [-0.3, -0.25) is 19.8 Å². The van der Waals surface area contributed by atoms with Gasteiger partial charge in [0, 0.05) is 23.6 Å². The summed E-state index contributed by atoms with van der Waals surface area (Å²) in [5.41, 5.74) is 0.820. The van der Waals surface area contributed by atoms with E-state index in [1.165, 1.54) is 23.5 Å². The summed E-state index contributed by atoms with van der Waals surface area (Å²) in [6, 6.07) is 8.67. The lowest BCUT2D eigenvalue weighted by molar-refractivity contribution is -0.380. The van der Waals surface area contributed by atoms with Crippen LogP contribution in [0.4, 0.5) is 10.1 Å². The molecule has 3 aromatic rings. The second-order valence-electron chi connectivity index (χ2n) is 5.99. The number of benzene rings is 1. The van der Waals surface area contributed by atoms with Gasteiger partial charge in [0.05, 0.1) is 20.0 Å². The van der Waals surface area contributed by atoms with Crippen LogP contribution in [0.3, 0.4) is 0 Å². The van der Waals surface area contributed by atoms with Crippen molar-refractivity contribution in [3.63, 3.8) is 0 Å². The van der Waals surface area contributed by atoms with Crippen molar-refractivity contribution < 1.29 is 9.72 Å². The normalized spacial score (nSPS) is 11.3. The molecule has 0 saturated carbocycles. The Bertz CT molecular complexity index is 1000. The molecule has 1 amide bonds. The molecule has 2 aromatic heterocycles. The number of fused-ring (bicyclic) bond motifs is 1. The number of thiazole rings is 1. The Balaban J connectivity index is 1.94. The van der Waals surface area contributed by atoms with E-state index in [1.807, 2.05) is 18.2 Å². The van der Waals surface area contributed by atoms with Crippen LogP contribution < -0.4 is 4.90 Å². The number of aromatic nitrogens is 1. The van der Waals surface area contributed by atoms with Crippen LogP contribution in [0, 0.1) is 10.1 Å². The van der Waals surface area contributed by atoms with Crippen LogP contribution in [0.1, 0.15) is 23.5 Å². The highest BCUT2D eigenvalue weighted by atomic mass is 79.9. The monoisotopic (exact) mass is 482 g/mol. The predicted octanol–water partition coefficient (Wildman–Crippen LogP) is 5.02. The number of carbonyl (C=O) groups excluding carboxylic acids is 1. The van der Waals surface area contributed by atoms with Gasteiger partial charge in [0.1, 0.15) is 0 Å². The molecule has 0 unspecified atom stereocenters. The van der Waals surface area contributed by atoms with Crippen molar-refractivity contribution in [3.05, 3.63) is 49.8 Å². The van der Waals surface area contributed by atoms with Crippen molar-refractivity contribution >= 4 is 64.9 Å². The van der Waals surface area contributed by atoms with E-state index in [0.717, 1.165) is 39.1 Å². The summed E-state index contributed by atoms with van der Waals surface area (Å²) in [5.74, 6) is -0.261. The molecule has 0 aliphatic carbocycles. The van der Waals surface area contributed by atoms with E-state index in [1.54, 1.807) is 4.90 Å². The molecule has 0 fully saturated rings. The highest BCUT2D eigenvalue weighted by Crippen LogP contribution is 2.33. The van der Waals surface area contributed by atoms with Gasteiger partial charge in [0.25, 0.3) is 5.91 Å². The van der Waals surface area contributed by atoms with Crippen LogP contribution in [0.15, 0.2) is 34.8 Å². The van der Waals surface area contributed by atoms with Crippen molar-refractivity contribution in [1.29, 1.82) is 0 Å². The molecular weight excluding hydrogens is 464 g/mol. The number of halogens is 1. The second kappa shape index (κ2) is 9.08. The molecule has 3 rings (SSSR count). The second-order valence-corrected chi connectivity index (χ2v) is 8.97. The van der Waals surface area contributed by atoms with Crippen LogP contribution >= 0.6 is 38.6 Å². The SMILES string of the molecule is CCN(CC)CCN(C(=O)c1ccc([N+](=O)[O-])s1)c1nc2ccc(Br)cc2s1. The number of thiophene rings is 1.